The van der Waals surface area contributed by atoms with Crippen LogP contribution in [-0.4, -0.2) is 29.1 Å². The van der Waals surface area contributed by atoms with E-state index in [-0.39, 0.29) is 5.97 Å². The van der Waals surface area contributed by atoms with Crippen molar-refractivity contribution >= 4 is 11.8 Å². The van der Waals surface area contributed by atoms with Gasteiger partial charge >= 0.3 is 5.97 Å². The van der Waals surface area contributed by atoms with Crippen LogP contribution in [0.2, 0.25) is 0 Å². The van der Waals surface area contributed by atoms with E-state index in [9.17, 15) is 4.79 Å². The van der Waals surface area contributed by atoms with Crippen molar-refractivity contribution in [2.75, 3.05) is 18.5 Å². The second kappa shape index (κ2) is 6.76. The Morgan fingerprint density at radius 3 is 3.00 bits per heavy atom. The molecule has 0 saturated carbocycles. The highest BCUT2D eigenvalue weighted by Crippen LogP contribution is 2.03. The summed E-state index contributed by atoms with van der Waals surface area (Å²) in [6, 6.07) is 1.87. The number of nitrogens with zero attached hydrogens (tertiary/aromatic N) is 2. The summed E-state index contributed by atoms with van der Waals surface area (Å²) in [5, 5.41) is 3.12. The van der Waals surface area contributed by atoms with Crippen molar-refractivity contribution in [2.24, 2.45) is 0 Å². The third-order valence-corrected chi connectivity index (χ3v) is 1.97. The predicted octanol–water partition coefficient (Wildman–Crippen LogP) is 1.54. The number of aryl methyl sites for hydroxylation is 1. The number of hydrogen-bond donors (Lipinski definition) is 1. The van der Waals surface area contributed by atoms with Crippen molar-refractivity contribution < 1.29 is 9.53 Å². The van der Waals surface area contributed by atoms with Crippen molar-refractivity contribution in [1.82, 2.24) is 9.97 Å². The lowest BCUT2D eigenvalue weighted by atomic mass is 10.3. The maximum absolute atomic E-state index is 11.0. The Morgan fingerprint density at radius 1 is 1.50 bits per heavy atom. The largest absolute Gasteiger partial charge is 0.466 e. The van der Waals surface area contributed by atoms with Crippen LogP contribution in [0.5, 0.6) is 0 Å². The van der Waals surface area contributed by atoms with E-state index in [0.717, 1.165) is 17.9 Å². The third kappa shape index (κ3) is 4.72. The van der Waals surface area contributed by atoms with E-state index in [1.807, 2.05) is 13.0 Å². The number of anilines is 1. The van der Waals surface area contributed by atoms with Gasteiger partial charge in [-0.25, -0.2) is 9.97 Å². The Bertz CT molecular complexity index is 342. The number of rotatable bonds is 6. The topological polar surface area (TPSA) is 64.1 Å². The number of hydrogen-bond acceptors (Lipinski definition) is 5. The molecule has 0 saturated heterocycles. The fourth-order valence-electron chi connectivity index (χ4n) is 1.23. The molecule has 0 spiro atoms. The van der Waals surface area contributed by atoms with Gasteiger partial charge in [0.2, 0.25) is 0 Å². The lowest BCUT2D eigenvalue weighted by Gasteiger charge is -2.05. The molecule has 0 aliphatic carbocycles. The van der Waals surface area contributed by atoms with Gasteiger partial charge in [0.05, 0.1) is 6.61 Å². The molecule has 0 bridgehead atoms. The van der Waals surface area contributed by atoms with E-state index in [1.165, 1.54) is 6.33 Å². The molecule has 88 valence electrons. The lowest BCUT2D eigenvalue weighted by Crippen LogP contribution is -2.09. The molecule has 0 atom stereocenters. The van der Waals surface area contributed by atoms with Crippen molar-refractivity contribution in [3.8, 4) is 0 Å². The lowest BCUT2D eigenvalue weighted by molar-refractivity contribution is -0.143. The van der Waals surface area contributed by atoms with Crippen LogP contribution in [0.1, 0.15) is 25.5 Å². The molecule has 0 unspecified atom stereocenters. The number of carbonyl (C=O) groups excluding carboxylic acids is 1. The Hall–Kier alpha value is -1.65. The average molecular weight is 223 g/mol. The second-order valence-electron chi connectivity index (χ2n) is 3.38. The second-order valence-corrected chi connectivity index (χ2v) is 3.38. The van der Waals surface area contributed by atoms with Gasteiger partial charge in [-0.1, -0.05) is 0 Å². The molecule has 1 heterocycles. The summed E-state index contributed by atoms with van der Waals surface area (Å²) >= 11 is 0. The van der Waals surface area contributed by atoms with E-state index < -0.39 is 0 Å². The van der Waals surface area contributed by atoms with Gasteiger partial charge in [-0.05, 0) is 20.3 Å². The molecule has 0 aliphatic heterocycles. The van der Waals surface area contributed by atoms with Gasteiger partial charge in [-0.3, -0.25) is 4.79 Å². The minimum Gasteiger partial charge on any atom is -0.466 e. The molecule has 0 radical (unpaired) electrons. The van der Waals surface area contributed by atoms with E-state index in [4.69, 9.17) is 4.74 Å². The summed E-state index contributed by atoms with van der Waals surface area (Å²) in [5.41, 5.74) is 0.919. The molecule has 1 N–H and O–H groups in total. The van der Waals surface area contributed by atoms with Crippen LogP contribution in [0.15, 0.2) is 12.4 Å². The highest BCUT2D eigenvalue weighted by atomic mass is 16.5. The SMILES string of the molecule is CCOC(=O)CCCNc1cc(C)ncn1. The zero-order chi connectivity index (χ0) is 11.8. The first kappa shape index (κ1) is 12.4. The summed E-state index contributed by atoms with van der Waals surface area (Å²) in [6.45, 7) is 4.86. The van der Waals surface area contributed by atoms with Gasteiger partial charge in [0.25, 0.3) is 0 Å². The van der Waals surface area contributed by atoms with Crippen LogP contribution >= 0.6 is 0 Å². The zero-order valence-electron chi connectivity index (χ0n) is 9.69. The molecule has 0 aliphatic rings. The minimum atomic E-state index is -0.150. The summed E-state index contributed by atoms with van der Waals surface area (Å²) in [5.74, 6) is 0.638. The first-order valence-corrected chi connectivity index (χ1v) is 5.40. The molecule has 0 aromatic carbocycles. The van der Waals surface area contributed by atoms with Crippen molar-refractivity contribution in [1.29, 1.82) is 0 Å². The minimum absolute atomic E-state index is 0.150. The van der Waals surface area contributed by atoms with Crippen LogP contribution in [0.4, 0.5) is 5.82 Å². The smallest absolute Gasteiger partial charge is 0.305 e. The molecular weight excluding hydrogens is 206 g/mol. The standard InChI is InChI=1S/C11H17N3O2/c1-3-16-11(15)5-4-6-12-10-7-9(2)13-8-14-10/h7-8H,3-6H2,1-2H3,(H,12,13,14). The van der Waals surface area contributed by atoms with Gasteiger partial charge in [0.15, 0.2) is 0 Å². The maximum atomic E-state index is 11.0. The van der Waals surface area contributed by atoms with E-state index >= 15 is 0 Å². The average Bonchev–Trinajstić information content (AvgIpc) is 2.25. The fourth-order valence-corrected chi connectivity index (χ4v) is 1.23. The van der Waals surface area contributed by atoms with Crippen molar-refractivity contribution in [3.05, 3.63) is 18.1 Å². The first-order valence-electron chi connectivity index (χ1n) is 5.40. The third-order valence-electron chi connectivity index (χ3n) is 1.97. The monoisotopic (exact) mass is 223 g/mol. The van der Waals surface area contributed by atoms with Gasteiger partial charge in [-0.2, -0.15) is 0 Å². The summed E-state index contributed by atoms with van der Waals surface area (Å²) in [7, 11) is 0. The number of esters is 1. The molecule has 5 nitrogen and oxygen atoms in total. The molecular formula is C11H17N3O2. The highest BCUT2D eigenvalue weighted by Gasteiger charge is 2.00. The quantitative estimate of drug-likeness (QED) is 0.585. The number of carbonyl (C=O) groups is 1. The molecule has 5 heteroatoms. The van der Waals surface area contributed by atoms with Gasteiger partial charge in [0, 0.05) is 24.7 Å². The summed E-state index contributed by atoms with van der Waals surface area (Å²) < 4.78 is 4.82. The summed E-state index contributed by atoms with van der Waals surface area (Å²) in [4.78, 5) is 19.1. The van der Waals surface area contributed by atoms with Crippen LogP contribution < -0.4 is 5.32 Å². The molecule has 0 fully saturated rings. The highest BCUT2D eigenvalue weighted by molar-refractivity contribution is 5.69. The normalized spacial score (nSPS) is 9.88. The van der Waals surface area contributed by atoms with Gasteiger partial charge < -0.3 is 10.1 Å². The van der Waals surface area contributed by atoms with E-state index in [0.29, 0.717) is 19.6 Å². The number of nitrogens with one attached hydrogen (secondary N) is 1. The Balaban J connectivity index is 2.18. The van der Waals surface area contributed by atoms with Crippen LogP contribution in [0, 0.1) is 6.92 Å². The molecule has 1 aromatic rings. The first-order chi connectivity index (χ1) is 7.72. The fraction of sp³-hybridized carbons (Fsp3) is 0.545. The van der Waals surface area contributed by atoms with Crippen molar-refractivity contribution in [3.63, 3.8) is 0 Å². The Kier molecular flexibility index (Phi) is 5.25. The van der Waals surface area contributed by atoms with Crippen molar-refractivity contribution in [2.45, 2.75) is 26.7 Å². The van der Waals surface area contributed by atoms with E-state index in [1.54, 1.807) is 6.92 Å². The van der Waals surface area contributed by atoms with Crippen LogP contribution in [0.25, 0.3) is 0 Å². The van der Waals surface area contributed by atoms with Gasteiger partial charge in [0.1, 0.15) is 12.1 Å². The number of aromatic nitrogens is 2. The molecule has 0 amide bonds. The molecule has 1 aromatic heterocycles. The summed E-state index contributed by atoms with van der Waals surface area (Å²) in [6.07, 6.45) is 2.69. The molecule has 16 heavy (non-hydrogen) atoms. The maximum Gasteiger partial charge on any atom is 0.305 e. The van der Waals surface area contributed by atoms with Crippen LogP contribution in [0.3, 0.4) is 0 Å². The predicted molar refractivity (Wildman–Crippen MR) is 61.1 cm³/mol. The Labute approximate surface area is 95.3 Å². The Morgan fingerprint density at radius 2 is 2.31 bits per heavy atom. The molecule has 1 rings (SSSR count). The van der Waals surface area contributed by atoms with Gasteiger partial charge in [-0.15, -0.1) is 0 Å². The number of ether oxygens (including phenoxy) is 1. The zero-order valence-corrected chi connectivity index (χ0v) is 9.69. The van der Waals surface area contributed by atoms with Crippen LogP contribution in [-0.2, 0) is 9.53 Å². The van der Waals surface area contributed by atoms with E-state index in [2.05, 4.69) is 15.3 Å².